The second kappa shape index (κ2) is 9.66. The minimum atomic E-state index is -0.210. The Kier molecular flexibility index (Phi) is 6.25. The topological polar surface area (TPSA) is 84.1 Å². The third kappa shape index (κ3) is 4.70. The molecule has 6 heteroatoms. The van der Waals surface area contributed by atoms with Crippen LogP contribution in [-0.2, 0) is 16.0 Å². The van der Waals surface area contributed by atoms with Crippen LogP contribution < -0.4 is 5.32 Å². The number of pyridine rings is 1. The van der Waals surface area contributed by atoms with E-state index in [2.05, 4.69) is 47.3 Å². The van der Waals surface area contributed by atoms with Crippen molar-refractivity contribution < 1.29 is 14.3 Å². The SMILES string of the molecule is COC(=O)CCc1cc(C)c(-c2cc3ccc(C(=O)Nc4ccc5ccccc5n4)cc3[nH]2)c(C)c1. The number of aromatic amines is 1. The summed E-state index contributed by atoms with van der Waals surface area (Å²) in [4.78, 5) is 32.5. The Bertz CT molecular complexity index is 1590. The minimum absolute atomic E-state index is 0.207. The van der Waals surface area contributed by atoms with Gasteiger partial charge in [-0.15, -0.1) is 0 Å². The fraction of sp³-hybridized carbons (Fsp3) is 0.167. The van der Waals surface area contributed by atoms with Crippen LogP contribution in [-0.4, -0.2) is 29.0 Å². The Labute approximate surface area is 209 Å². The first-order valence-electron chi connectivity index (χ1n) is 11.9. The Morgan fingerprint density at radius 1 is 0.917 bits per heavy atom. The van der Waals surface area contributed by atoms with Crippen molar-refractivity contribution in [1.29, 1.82) is 0 Å². The summed E-state index contributed by atoms with van der Waals surface area (Å²) in [6.07, 6.45) is 1.01. The number of hydrogen-bond acceptors (Lipinski definition) is 4. The van der Waals surface area contributed by atoms with E-state index in [4.69, 9.17) is 4.74 Å². The molecule has 0 saturated carbocycles. The van der Waals surface area contributed by atoms with E-state index in [1.807, 2.05) is 54.6 Å². The molecule has 1 amide bonds. The van der Waals surface area contributed by atoms with E-state index >= 15 is 0 Å². The number of ether oxygens (including phenoxy) is 1. The lowest BCUT2D eigenvalue weighted by molar-refractivity contribution is -0.140. The van der Waals surface area contributed by atoms with Gasteiger partial charge in [-0.3, -0.25) is 9.59 Å². The van der Waals surface area contributed by atoms with E-state index in [0.717, 1.165) is 49.8 Å². The van der Waals surface area contributed by atoms with Gasteiger partial charge in [0.1, 0.15) is 5.82 Å². The van der Waals surface area contributed by atoms with Gasteiger partial charge in [0.25, 0.3) is 5.91 Å². The highest BCUT2D eigenvalue weighted by Gasteiger charge is 2.14. The molecule has 0 unspecified atom stereocenters. The second-order valence-electron chi connectivity index (χ2n) is 9.01. The van der Waals surface area contributed by atoms with Gasteiger partial charge in [-0.25, -0.2) is 4.98 Å². The third-order valence-electron chi connectivity index (χ3n) is 6.43. The number of aryl methyl sites for hydroxylation is 3. The molecule has 36 heavy (non-hydrogen) atoms. The van der Waals surface area contributed by atoms with Gasteiger partial charge in [0.05, 0.1) is 12.6 Å². The van der Waals surface area contributed by atoms with Gasteiger partial charge >= 0.3 is 5.97 Å². The highest BCUT2D eigenvalue weighted by molar-refractivity contribution is 6.06. The highest BCUT2D eigenvalue weighted by atomic mass is 16.5. The predicted octanol–water partition coefficient (Wildman–Crippen LogP) is 6.36. The number of fused-ring (bicyclic) bond motifs is 2. The van der Waals surface area contributed by atoms with Gasteiger partial charge in [-0.2, -0.15) is 0 Å². The van der Waals surface area contributed by atoms with Crippen LogP contribution in [0.15, 0.2) is 72.8 Å². The number of carbonyl (C=O) groups is 2. The first kappa shape index (κ1) is 23.3. The molecule has 6 nitrogen and oxygen atoms in total. The van der Waals surface area contributed by atoms with E-state index < -0.39 is 0 Å². The average Bonchev–Trinajstić information content (AvgIpc) is 3.29. The summed E-state index contributed by atoms with van der Waals surface area (Å²) in [6.45, 7) is 4.15. The van der Waals surface area contributed by atoms with E-state index in [1.54, 1.807) is 0 Å². The summed E-state index contributed by atoms with van der Waals surface area (Å²) in [5, 5.41) is 4.96. The van der Waals surface area contributed by atoms with Crippen molar-refractivity contribution in [3.63, 3.8) is 0 Å². The smallest absolute Gasteiger partial charge is 0.305 e. The Hall–Kier alpha value is -4.45. The summed E-state index contributed by atoms with van der Waals surface area (Å²) in [5.74, 6) is 0.101. The summed E-state index contributed by atoms with van der Waals surface area (Å²) in [7, 11) is 1.41. The lowest BCUT2D eigenvalue weighted by atomic mass is 9.95. The quantitative estimate of drug-likeness (QED) is 0.279. The fourth-order valence-electron chi connectivity index (χ4n) is 4.70. The standard InChI is InChI=1S/C30H27N3O3/c1-18-14-20(8-13-28(34)36-3)15-19(2)29(18)26-16-22-9-10-23(17-25(22)31-26)30(35)33-27-12-11-21-6-4-5-7-24(21)32-27/h4-7,9-12,14-17,31H,8,13H2,1-3H3,(H,32,33,35). The van der Waals surface area contributed by atoms with Crippen molar-refractivity contribution in [3.8, 4) is 11.3 Å². The maximum Gasteiger partial charge on any atom is 0.305 e. The van der Waals surface area contributed by atoms with Crippen LogP contribution in [0.5, 0.6) is 0 Å². The van der Waals surface area contributed by atoms with Crippen LogP contribution in [0.2, 0.25) is 0 Å². The molecule has 2 aromatic heterocycles. The number of hydrogen-bond donors (Lipinski definition) is 2. The molecule has 0 radical (unpaired) electrons. The summed E-state index contributed by atoms with van der Waals surface area (Å²) >= 11 is 0. The van der Waals surface area contributed by atoms with Gasteiger partial charge in [0.15, 0.2) is 0 Å². The number of amides is 1. The van der Waals surface area contributed by atoms with Crippen LogP contribution in [0.4, 0.5) is 5.82 Å². The van der Waals surface area contributed by atoms with Gasteiger partial charge in [-0.1, -0.05) is 36.4 Å². The van der Waals surface area contributed by atoms with Crippen molar-refractivity contribution in [3.05, 3.63) is 95.1 Å². The molecule has 0 aliphatic heterocycles. The molecule has 0 bridgehead atoms. The predicted molar refractivity (Wildman–Crippen MR) is 143 cm³/mol. The molecule has 0 aliphatic carbocycles. The first-order chi connectivity index (χ1) is 17.4. The highest BCUT2D eigenvalue weighted by Crippen LogP contribution is 2.31. The van der Waals surface area contributed by atoms with E-state index in [-0.39, 0.29) is 11.9 Å². The Morgan fingerprint density at radius 2 is 1.67 bits per heavy atom. The number of rotatable bonds is 6. The fourth-order valence-corrected chi connectivity index (χ4v) is 4.70. The zero-order valence-electron chi connectivity index (χ0n) is 20.5. The number of nitrogens with one attached hydrogen (secondary N) is 2. The number of aromatic nitrogens is 2. The van der Waals surface area contributed by atoms with Crippen molar-refractivity contribution in [1.82, 2.24) is 9.97 Å². The molecule has 5 aromatic rings. The zero-order valence-corrected chi connectivity index (χ0v) is 20.5. The van der Waals surface area contributed by atoms with E-state index in [0.29, 0.717) is 24.2 Å². The molecule has 2 N–H and O–H groups in total. The Morgan fingerprint density at radius 3 is 2.44 bits per heavy atom. The number of esters is 1. The molecule has 180 valence electrons. The van der Waals surface area contributed by atoms with Gasteiger partial charge in [0, 0.05) is 39.5 Å². The number of nitrogens with zero attached hydrogens (tertiary/aromatic N) is 1. The van der Waals surface area contributed by atoms with Crippen LogP contribution in [0.3, 0.4) is 0 Å². The zero-order chi connectivity index (χ0) is 25.2. The molecule has 0 spiro atoms. The summed E-state index contributed by atoms with van der Waals surface area (Å²) in [6, 6.07) is 23.5. The lowest BCUT2D eigenvalue weighted by Crippen LogP contribution is -2.12. The number of anilines is 1. The van der Waals surface area contributed by atoms with Gasteiger partial charge < -0.3 is 15.0 Å². The molecule has 0 atom stereocenters. The molecular weight excluding hydrogens is 450 g/mol. The maximum atomic E-state index is 12.9. The lowest BCUT2D eigenvalue weighted by Gasteiger charge is -2.11. The molecule has 2 heterocycles. The average molecular weight is 478 g/mol. The minimum Gasteiger partial charge on any atom is -0.469 e. The first-order valence-corrected chi connectivity index (χ1v) is 11.9. The van der Waals surface area contributed by atoms with Crippen molar-refractivity contribution in [2.24, 2.45) is 0 Å². The molecule has 0 fully saturated rings. The van der Waals surface area contributed by atoms with Gasteiger partial charge in [-0.05, 0) is 73.4 Å². The number of benzene rings is 3. The van der Waals surface area contributed by atoms with Crippen LogP contribution in [0.25, 0.3) is 33.1 Å². The summed E-state index contributed by atoms with van der Waals surface area (Å²) in [5.41, 5.74) is 7.75. The largest absolute Gasteiger partial charge is 0.469 e. The summed E-state index contributed by atoms with van der Waals surface area (Å²) < 4.78 is 4.76. The number of carbonyl (C=O) groups excluding carboxylic acids is 2. The van der Waals surface area contributed by atoms with Crippen molar-refractivity contribution >= 4 is 39.5 Å². The molecular formula is C30H27N3O3. The van der Waals surface area contributed by atoms with Gasteiger partial charge in [0.2, 0.25) is 0 Å². The number of methoxy groups -OCH3 is 1. The Balaban J connectivity index is 1.39. The van der Waals surface area contributed by atoms with Crippen LogP contribution in [0, 0.1) is 13.8 Å². The monoisotopic (exact) mass is 477 g/mol. The van der Waals surface area contributed by atoms with E-state index in [9.17, 15) is 9.59 Å². The van der Waals surface area contributed by atoms with E-state index in [1.165, 1.54) is 7.11 Å². The van der Waals surface area contributed by atoms with Crippen molar-refractivity contribution in [2.75, 3.05) is 12.4 Å². The number of para-hydroxylation sites is 1. The normalized spacial score (nSPS) is 11.1. The number of H-pyrrole nitrogens is 1. The van der Waals surface area contributed by atoms with Crippen molar-refractivity contribution in [2.45, 2.75) is 26.7 Å². The molecule has 5 rings (SSSR count). The second-order valence-corrected chi connectivity index (χ2v) is 9.01. The molecule has 0 aliphatic rings. The molecule has 3 aromatic carbocycles. The van der Waals surface area contributed by atoms with Crippen LogP contribution >= 0.6 is 0 Å². The third-order valence-corrected chi connectivity index (χ3v) is 6.43. The van der Waals surface area contributed by atoms with Crippen LogP contribution in [0.1, 0.15) is 33.5 Å². The molecule has 0 saturated heterocycles. The maximum absolute atomic E-state index is 12.9.